The highest BCUT2D eigenvalue weighted by molar-refractivity contribution is 5.85. The third kappa shape index (κ3) is 6.43. The summed E-state index contributed by atoms with van der Waals surface area (Å²) in [7, 11) is 0. The van der Waals surface area contributed by atoms with Crippen LogP contribution in [0.15, 0.2) is 54.6 Å². The molecular weight excluding hydrogens is 350 g/mol. The zero-order valence-electron chi connectivity index (χ0n) is 14.9. The van der Waals surface area contributed by atoms with E-state index in [-0.39, 0.29) is 24.6 Å². The maximum atomic E-state index is 12.2. The minimum absolute atomic E-state index is 0.0384. The average Bonchev–Trinajstić information content (AvgIpc) is 2.67. The van der Waals surface area contributed by atoms with Gasteiger partial charge in [-0.2, -0.15) is 0 Å². The summed E-state index contributed by atoms with van der Waals surface area (Å²) >= 11 is 0. The Morgan fingerprint density at radius 3 is 2.33 bits per heavy atom. The van der Waals surface area contributed by atoms with Crippen molar-refractivity contribution in [2.24, 2.45) is 0 Å². The van der Waals surface area contributed by atoms with E-state index in [0.29, 0.717) is 12.1 Å². The number of nitro groups is 1. The van der Waals surface area contributed by atoms with Crippen LogP contribution < -0.4 is 10.6 Å². The van der Waals surface area contributed by atoms with Gasteiger partial charge in [0.25, 0.3) is 5.69 Å². The molecule has 0 fully saturated rings. The van der Waals surface area contributed by atoms with E-state index in [1.165, 1.54) is 12.1 Å². The van der Waals surface area contributed by atoms with Gasteiger partial charge in [0.1, 0.15) is 12.6 Å². The molecule has 0 aliphatic carbocycles. The van der Waals surface area contributed by atoms with Gasteiger partial charge >= 0.3 is 6.09 Å². The molecule has 0 aromatic heterocycles. The monoisotopic (exact) mass is 371 g/mol. The molecule has 2 aromatic rings. The van der Waals surface area contributed by atoms with E-state index in [2.05, 4.69) is 10.6 Å². The van der Waals surface area contributed by atoms with Gasteiger partial charge in [0.2, 0.25) is 5.91 Å². The molecule has 0 unspecified atom stereocenters. The standard InChI is InChI=1S/C19H21N3O5/c1-2-20-18(23)17(12-14-8-10-16(11-9-14)22(25)26)21-19(24)27-13-15-6-4-3-5-7-15/h3-11,17H,2,12-13H2,1H3,(H,20,23)(H,21,24)/t17-/m0/s1. The first-order valence-corrected chi connectivity index (χ1v) is 8.48. The van der Waals surface area contributed by atoms with Gasteiger partial charge in [-0.3, -0.25) is 14.9 Å². The van der Waals surface area contributed by atoms with Crippen LogP contribution in [0.1, 0.15) is 18.1 Å². The molecule has 0 radical (unpaired) electrons. The summed E-state index contributed by atoms with van der Waals surface area (Å²) < 4.78 is 5.16. The van der Waals surface area contributed by atoms with E-state index in [1.54, 1.807) is 19.1 Å². The summed E-state index contributed by atoms with van der Waals surface area (Å²) in [4.78, 5) is 34.5. The summed E-state index contributed by atoms with van der Waals surface area (Å²) in [6.07, 6.45) is -0.526. The van der Waals surface area contributed by atoms with E-state index in [9.17, 15) is 19.7 Å². The van der Waals surface area contributed by atoms with Crippen LogP contribution in [0.25, 0.3) is 0 Å². The third-order valence-corrected chi connectivity index (χ3v) is 3.76. The number of carbonyl (C=O) groups is 2. The summed E-state index contributed by atoms with van der Waals surface area (Å²) in [6, 6.07) is 14.2. The molecular formula is C19H21N3O5. The molecule has 2 amide bonds. The number of nitro benzene ring substituents is 1. The number of nitrogens with one attached hydrogen (secondary N) is 2. The maximum absolute atomic E-state index is 12.2. The van der Waals surface area contributed by atoms with Crippen molar-refractivity contribution < 1.29 is 19.2 Å². The lowest BCUT2D eigenvalue weighted by Gasteiger charge is -2.18. The maximum Gasteiger partial charge on any atom is 0.408 e. The highest BCUT2D eigenvalue weighted by atomic mass is 16.6. The smallest absolute Gasteiger partial charge is 0.408 e. The van der Waals surface area contributed by atoms with Gasteiger partial charge in [-0.25, -0.2) is 4.79 Å². The summed E-state index contributed by atoms with van der Waals surface area (Å²) in [5, 5.41) is 15.9. The molecule has 0 spiro atoms. The second-order valence-corrected chi connectivity index (χ2v) is 5.78. The topological polar surface area (TPSA) is 111 Å². The quantitative estimate of drug-likeness (QED) is 0.547. The Kier molecular flexibility index (Phi) is 7.30. The van der Waals surface area contributed by atoms with Gasteiger partial charge in [0.15, 0.2) is 0 Å². The molecule has 8 heteroatoms. The molecule has 0 saturated heterocycles. The number of carbonyl (C=O) groups excluding carboxylic acids is 2. The molecule has 0 aliphatic heterocycles. The lowest BCUT2D eigenvalue weighted by Crippen LogP contribution is -2.48. The molecule has 0 saturated carbocycles. The number of benzene rings is 2. The Hall–Kier alpha value is -3.42. The van der Waals surface area contributed by atoms with E-state index in [0.717, 1.165) is 5.56 Å². The zero-order valence-corrected chi connectivity index (χ0v) is 14.9. The summed E-state index contributed by atoms with van der Waals surface area (Å²) in [5.41, 5.74) is 1.47. The van der Waals surface area contributed by atoms with Gasteiger partial charge in [-0.15, -0.1) is 0 Å². The lowest BCUT2D eigenvalue weighted by molar-refractivity contribution is -0.384. The fourth-order valence-electron chi connectivity index (χ4n) is 2.40. The number of hydrogen-bond acceptors (Lipinski definition) is 5. The van der Waals surface area contributed by atoms with E-state index in [1.807, 2.05) is 30.3 Å². The zero-order chi connectivity index (χ0) is 19.6. The Morgan fingerprint density at radius 1 is 1.07 bits per heavy atom. The van der Waals surface area contributed by atoms with Crippen LogP contribution >= 0.6 is 0 Å². The van der Waals surface area contributed by atoms with Crippen molar-refractivity contribution in [3.63, 3.8) is 0 Å². The first kappa shape index (κ1) is 19.9. The molecule has 2 rings (SSSR count). The fraction of sp³-hybridized carbons (Fsp3) is 0.263. The molecule has 2 aromatic carbocycles. The number of rotatable bonds is 8. The first-order chi connectivity index (χ1) is 13.0. The van der Waals surface area contributed by atoms with Crippen molar-refractivity contribution >= 4 is 17.7 Å². The summed E-state index contributed by atoms with van der Waals surface area (Å²) in [6.45, 7) is 2.28. The normalized spacial score (nSPS) is 11.3. The van der Waals surface area contributed by atoms with Crippen LogP contribution in [0.4, 0.5) is 10.5 Å². The van der Waals surface area contributed by atoms with E-state index in [4.69, 9.17) is 4.74 Å². The second-order valence-electron chi connectivity index (χ2n) is 5.78. The van der Waals surface area contributed by atoms with Gasteiger partial charge in [-0.1, -0.05) is 42.5 Å². The van der Waals surface area contributed by atoms with Crippen molar-refractivity contribution in [2.45, 2.75) is 26.0 Å². The molecule has 0 bridgehead atoms. The fourth-order valence-corrected chi connectivity index (χ4v) is 2.40. The van der Waals surface area contributed by atoms with Crippen molar-refractivity contribution in [2.75, 3.05) is 6.54 Å². The Balaban J connectivity index is 1.99. The molecule has 0 aliphatic rings. The van der Waals surface area contributed by atoms with Crippen LogP contribution in [0, 0.1) is 10.1 Å². The Bertz CT molecular complexity index is 778. The number of ether oxygens (including phenoxy) is 1. The number of likely N-dealkylation sites (N-methyl/N-ethyl adjacent to an activating group) is 1. The molecule has 142 valence electrons. The number of amides is 2. The van der Waals surface area contributed by atoms with E-state index < -0.39 is 17.1 Å². The van der Waals surface area contributed by atoms with E-state index >= 15 is 0 Å². The molecule has 8 nitrogen and oxygen atoms in total. The highest BCUT2D eigenvalue weighted by Crippen LogP contribution is 2.13. The molecule has 0 heterocycles. The molecule has 1 atom stereocenters. The first-order valence-electron chi connectivity index (χ1n) is 8.48. The molecule has 2 N–H and O–H groups in total. The molecule has 27 heavy (non-hydrogen) atoms. The number of nitrogens with zero attached hydrogens (tertiary/aromatic N) is 1. The van der Waals surface area contributed by atoms with Gasteiger partial charge in [-0.05, 0) is 18.1 Å². The van der Waals surface area contributed by atoms with Crippen molar-refractivity contribution in [3.05, 3.63) is 75.8 Å². The average molecular weight is 371 g/mol. The largest absolute Gasteiger partial charge is 0.445 e. The van der Waals surface area contributed by atoms with Crippen molar-refractivity contribution in [1.82, 2.24) is 10.6 Å². The van der Waals surface area contributed by atoms with Gasteiger partial charge in [0, 0.05) is 25.1 Å². The van der Waals surface area contributed by atoms with Crippen LogP contribution in [0.2, 0.25) is 0 Å². The minimum Gasteiger partial charge on any atom is -0.445 e. The van der Waals surface area contributed by atoms with Crippen molar-refractivity contribution in [3.8, 4) is 0 Å². The van der Waals surface area contributed by atoms with Crippen LogP contribution in [0.5, 0.6) is 0 Å². The number of non-ortho nitro benzene ring substituents is 1. The predicted molar refractivity (Wildman–Crippen MR) is 99.0 cm³/mol. The summed E-state index contributed by atoms with van der Waals surface area (Å²) in [5.74, 6) is -0.354. The Morgan fingerprint density at radius 2 is 1.74 bits per heavy atom. The minimum atomic E-state index is -0.852. The van der Waals surface area contributed by atoms with Gasteiger partial charge < -0.3 is 15.4 Å². The van der Waals surface area contributed by atoms with Crippen molar-refractivity contribution in [1.29, 1.82) is 0 Å². The predicted octanol–water partition coefficient (Wildman–Crippen LogP) is 2.57. The Labute approximate surface area is 156 Å². The number of alkyl carbamates (subject to hydrolysis) is 1. The highest BCUT2D eigenvalue weighted by Gasteiger charge is 2.22. The SMILES string of the molecule is CCNC(=O)[C@H](Cc1ccc([N+](=O)[O-])cc1)NC(=O)OCc1ccccc1. The van der Waals surface area contributed by atoms with Crippen LogP contribution in [0.3, 0.4) is 0 Å². The third-order valence-electron chi connectivity index (χ3n) is 3.76. The van der Waals surface area contributed by atoms with Crippen LogP contribution in [-0.2, 0) is 22.6 Å². The lowest BCUT2D eigenvalue weighted by atomic mass is 10.0. The number of hydrogen-bond donors (Lipinski definition) is 2. The van der Waals surface area contributed by atoms with Crippen LogP contribution in [-0.4, -0.2) is 29.5 Å². The second kappa shape index (κ2) is 9.91. The van der Waals surface area contributed by atoms with Gasteiger partial charge in [0.05, 0.1) is 4.92 Å².